The average Bonchev–Trinajstić information content (AvgIpc) is 2.37. The molecule has 0 unspecified atom stereocenters. The standard InChI is InChI=1S/C7H7FO2S/c1-10-7(9)2-5-3-11-4-6(5)8/h3-4H,2H2,1H3. The highest BCUT2D eigenvalue weighted by Crippen LogP contribution is 2.13. The second-order valence-corrected chi connectivity index (χ2v) is 2.74. The molecule has 0 bridgehead atoms. The fourth-order valence-corrected chi connectivity index (χ4v) is 1.36. The van der Waals surface area contributed by atoms with Gasteiger partial charge >= 0.3 is 5.97 Å². The van der Waals surface area contributed by atoms with E-state index in [0.717, 1.165) is 0 Å². The lowest BCUT2D eigenvalue weighted by molar-refractivity contribution is -0.139. The number of methoxy groups -OCH3 is 1. The molecule has 1 heterocycles. The summed E-state index contributed by atoms with van der Waals surface area (Å²) in [6, 6.07) is 0. The van der Waals surface area contributed by atoms with E-state index in [9.17, 15) is 9.18 Å². The predicted octanol–water partition coefficient (Wildman–Crippen LogP) is 1.60. The third-order valence-corrected chi connectivity index (χ3v) is 2.01. The molecule has 0 radical (unpaired) electrons. The number of carbonyl (C=O) groups is 1. The molecule has 0 aliphatic rings. The molecule has 0 atom stereocenters. The summed E-state index contributed by atoms with van der Waals surface area (Å²) in [4.78, 5) is 10.6. The Kier molecular flexibility index (Phi) is 2.59. The molecule has 1 aromatic heterocycles. The summed E-state index contributed by atoms with van der Waals surface area (Å²) in [5.74, 6) is -0.747. The first kappa shape index (κ1) is 8.20. The maximum atomic E-state index is 12.6. The number of hydrogen-bond donors (Lipinski definition) is 0. The number of ether oxygens (including phenoxy) is 1. The first-order valence-electron chi connectivity index (χ1n) is 3.01. The van der Waals surface area contributed by atoms with Crippen molar-refractivity contribution in [2.75, 3.05) is 7.11 Å². The number of esters is 1. The highest BCUT2D eigenvalue weighted by molar-refractivity contribution is 7.08. The first-order chi connectivity index (χ1) is 5.24. The van der Waals surface area contributed by atoms with Crippen LogP contribution in [0.3, 0.4) is 0 Å². The first-order valence-corrected chi connectivity index (χ1v) is 3.95. The minimum Gasteiger partial charge on any atom is -0.469 e. The predicted molar refractivity (Wildman–Crippen MR) is 40.0 cm³/mol. The van der Waals surface area contributed by atoms with Crippen LogP contribution in [0.5, 0.6) is 0 Å². The molecule has 4 heteroatoms. The number of hydrogen-bond acceptors (Lipinski definition) is 3. The molecule has 0 aliphatic carbocycles. The molecule has 0 amide bonds. The Morgan fingerprint density at radius 3 is 2.91 bits per heavy atom. The zero-order valence-electron chi connectivity index (χ0n) is 5.96. The van der Waals surface area contributed by atoms with Gasteiger partial charge in [-0.25, -0.2) is 4.39 Å². The summed E-state index contributed by atoms with van der Waals surface area (Å²) >= 11 is 1.24. The van der Waals surface area contributed by atoms with Crippen LogP contribution in [0.1, 0.15) is 5.56 Å². The second-order valence-electron chi connectivity index (χ2n) is 2.00. The maximum absolute atomic E-state index is 12.6. The fraction of sp³-hybridized carbons (Fsp3) is 0.286. The van der Waals surface area contributed by atoms with Crippen LogP contribution in [0.2, 0.25) is 0 Å². The Morgan fingerprint density at radius 2 is 2.45 bits per heavy atom. The lowest BCUT2D eigenvalue weighted by atomic mass is 10.2. The Morgan fingerprint density at radius 1 is 1.73 bits per heavy atom. The number of rotatable bonds is 2. The minimum absolute atomic E-state index is 0.0197. The smallest absolute Gasteiger partial charge is 0.310 e. The third kappa shape index (κ3) is 2.01. The Labute approximate surface area is 67.6 Å². The van der Waals surface area contributed by atoms with Gasteiger partial charge in [-0.1, -0.05) is 0 Å². The third-order valence-electron chi connectivity index (χ3n) is 1.25. The van der Waals surface area contributed by atoms with Crippen molar-refractivity contribution in [1.29, 1.82) is 0 Å². The van der Waals surface area contributed by atoms with Gasteiger partial charge in [-0.15, -0.1) is 11.3 Å². The van der Waals surface area contributed by atoms with E-state index in [1.807, 2.05) is 0 Å². The topological polar surface area (TPSA) is 26.3 Å². The molecule has 0 spiro atoms. The molecule has 0 saturated heterocycles. The summed E-state index contributed by atoms with van der Waals surface area (Å²) in [6.45, 7) is 0. The van der Waals surface area contributed by atoms with E-state index in [1.165, 1.54) is 23.8 Å². The summed E-state index contributed by atoms with van der Waals surface area (Å²) in [7, 11) is 1.28. The van der Waals surface area contributed by atoms with E-state index in [2.05, 4.69) is 4.74 Å². The van der Waals surface area contributed by atoms with Crippen LogP contribution in [0.4, 0.5) is 4.39 Å². The van der Waals surface area contributed by atoms with Crippen molar-refractivity contribution >= 4 is 17.3 Å². The van der Waals surface area contributed by atoms with E-state index in [-0.39, 0.29) is 12.2 Å². The van der Waals surface area contributed by atoms with Crippen LogP contribution in [0, 0.1) is 5.82 Å². The van der Waals surface area contributed by atoms with Gasteiger partial charge in [0.2, 0.25) is 0 Å². The molecule has 0 aromatic carbocycles. The zero-order valence-corrected chi connectivity index (χ0v) is 6.78. The molecule has 11 heavy (non-hydrogen) atoms. The van der Waals surface area contributed by atoms with Crippen LogP contribution in [0.15, 0.2) is 10.8 Å². The van der Waals surface area contributed by atoms with Crippen LogP contribution >= 0.6 is 11.3 Å². The van der Waals surface area contributed by atoms with Gasteiger partial charge in [-0.2, -0.15) is 0 Å². The van der Waals surface area contributed by atoms with Crippen molar-refractivity contribution in [1.82, 2.24) is 0 Å². The molecule has 60 valence electrons. The monoisotopic (exact) mass is 174 g/mol. The number of carbonyl (C=O) groups excluding carboxylic acids is 1. The van der Waals surface area contributed by atoms with Crippen molar-refractivity contribution in [3.05, 3.63) is 22.1 Å². The largest absolute Gasteiger partial charge is 0.469 e. The number of thiophene rings is 1. The van der Waals surface area contributed by atoms with Gasteiger partial charge in [0.05, 0.1) is 13.5 Å². The summed E-state index contributed by atoms with van der Waals surface area (Å²) in [6.07, 6.45) is 0.0197. The molecule has 1 aromatic rings. The van der Waals surface area contributed by atoms with E-state index in [0.29, 0.717) is 5.56 Å². The lowest BCUT2D eigenvalue weighted by Crippen LogP contribution is -2.04. The van der Waals surface area contributed by atoms with Crippen molar-refractivity contribution in [3.8, 4) is 0 Å². The van der Waals surface area contributed by atoms with Crippen LogP contribution in [-0.2, 0) is 16.0 Å². The average molecular weight is 174 g/mol. The van der Waals surface area contributed by atoms with Gasteiger partial charge in [0.25, 0.3) is 0 Å². The van der Waals surface area contributed by atoms with E-state index >= 15 is 0 Å². The normalized spacial score (nSPS) is 9.64. The highest BCUT2D eigenvalue weighted by atomic mass is 32.1. The number of halogens is 1. The van der Waals surface area contributed by atoms with E-state index < -0.39 is 5.97 Å². The van der Waals surface area contributed by atoms with Crippen LogP contribution in [-0.4, -0.2) is 13.1 Å². The second kappa shape index (κ2) is 3.48. The summed E-state index contributed by atoms with van der Waals surface area (Å²) in [5.41, 5.74) is 0.404. The molecule has 1 rings (SSSR count). The van der Waals surface area contributed by atoms with Gasteiger partial charge in [0.1, 0.15) is 5.82 Å². The lowest BCUT2D eigenvalue weighted by Gasteiger charge is -1.95. The highest BCUT2D eigenvalue weighted by Gasteiger charge is 2.07. The van der Waals surface area contributed by atoms with Crippen LogP contribution < -0.4 is 0 Å². The van der Waals surface area contributed by atoms with Crippen LogP contribution in [0.25, 0.3) is 0 Å². The SMILES string of the molecule is COC(=O)Cc1cscc1F. The minimum atomic E-state index is -0.415. The molecule has 0 fully saturated rings. The zero-order chi connectivity index (χ0) is 8.27. The van der Waals surface area contributed by atoms with Crippen molar-refractivity contribution < 1.29 is 13.9 Å². The molecule has 0 saturated carbocycles. The van der Waals surface area contributed by atoms with Gasteiger partial charge in [-0.05, 0) is 5.38 Å². The van der Waals surface area contributed by atoms with E-state index in [1.54, 1.807) is 5.38 Å². The van der Waals surface area contributed by atoms with Crippen molar-refractivity contribution in [2.24, 2.45) is 0 Å². The van der Waals surface area contributed by atoms with E-state index in [4.69, 9.17) is 0 Å². The Bertz CT molecular complexity index is 257. The molecular weight excluding hydrogens is 167 g/mol. The van der Waals surface area contributed by atoms with Gasteiger partial charge in [0, 0.05) is 10.9 Å². The van der Waals surface area contributed by atoms with Gasteiger partial charge in [-0.3, -0.25) is 4.79 Å². The Balaban J connectivity index is 2.64. The van der Waals surface area contributed by atoms with Crippen molar-refractivity contribution in [3.63, 3.8) is 0 Å². The maximum Gasteiger partial charge on any atom is 0.310 e. The van der Waals surface area contributed by atoms with Gasteiger partial charge < -0.3 is 4.74 Å². The Hall–Kier alpha value is -0.900. The van der Waals surface area contributed by atoms with Crippen molar-refractivity contribution in [2.45, 2.75) is 6.42 Å². The fourth-order valence-electron chi connectivity index (χ4n) is 0.662. The molecule has 0 aliphatic heterocycles. The summed E-state index contributed by atoms with van der Waals surface area (Å²) < 4.78 is 17.0. The quantitative estimate of drug-likeness (QED) is 0.636. The molecule has 0 N–H and O–H groups in total. The molecule has 2 nitrogen and oxygen atoms in total. The summed E-state index contributed by atoms with van der Waals surface area (Å²) in [5, 5.41) is 2.96. The van der Waals surface area contributed by atoms with Gasteiger partial charge in [0.15, 0.2) is 0 Å². The molecular formula is C7H7FO2S.